The molecule has 3 N–H and O–H groups in total. The van der Waals surface area contributed by atoms with Gasteiger partial charge < -0.3 is 10.8 Å². The molecule has 2 aromatic carbocycles. The maximum atomic E-state index is 13.1. The molecule has 0 fully saturated rings. The summed E-state index contributed by atoms with van der Waals surface area (Å²) in [6, 6.07) is 10.2. The van der Waals surface area contributed by atoms with Crippen LogP contribution in [0.15, 0.2) is 42.5 Å². The molecule has 0 amide bonds. The summed E-state index contributed by atoms with van der Waals surface area (Å²) in [6.45, 7) is 0. The second kappa shape index (κ2) is 4.24. The second-order valence-corrected chi connectivity index (χ2v) is 4.14. The van der Waals surface area contributed by atoms with E-state index in [1.807, 2.05) is 0 Å². The van der Waals surface area contributed by atoms with Crippen molar-refractivity contribution in [3.8, 4) is 0 Å². The summed E-state index contributed by atoms with van der Waals surface area (Å²) < 4.78 is 39.2. The molecule has 0 saturated heterocycles. The van der Waals surface area contributed by atoms with Crippen LogP contribution in [0.3, 0.4) is 0 Å². The molecule has 0 bridgehead atoms. The normalized spacial score (nSPS) is 15.2. The van der Waals surface area contributed by atoms with Gasteiger partial charge in [0.25, 0.3) is 0 Å². The van der Waals surface area contributed by atoms with Gasteiger partial charge >= 0.3 is 12.1 Å². The van der Waals surface area contributed by atoms with E-state index in [0.717, 1.165) is 6.07 Å². The third-order valence-corrected chi connectivity index (χ3v) is 3.00. The number of benzene rings is 2. The topological polar surface area (TPSA) is 63.3 Å². The van der Waals surface area contributed by atoms with Crippen LogP contribution in [-0.2, 0) is 10.3 Å². The van der Waals surface area contributed by atoms with Gasteiger partial charge in [-0.3, -0.25) is 0 Å². The molecule has 1 atom stereocenters. The molecule has 1 unspecified atom stereocenters. The quantitative estimate of drug-likeness (QED) is 0.881. The largest absolute Gasteiger partial charge is 0.479 e. The van der Waals surface area contributed by atoms with Gasteiger partial charge in [-0.15, -0.1) is 0 Å². The van der Waals surface area contributed by atoms with Crippen molar-refractivity contribution >= 4 is 16.7 Å². The van der Waals surface area contributed by atoms with Crippen molar-refractivity contribution in [2.45, 2.75) is 11.7 Å². The van der Waals surface area contributed by atoms with Crippen molar-refractivity contribution in [1.29, 1.82) is 0 Å². The van der Waals surface area contributed by atoms with E-state index in [4.69, 9.17) is 10.8 Å². The number of carbonyl (C=O) groups is 1. The maximum absolute atomic E-state index is 13.1. The highest BCUT2D eigenvalue weighted by molar-refractivity contribution is 5.93. The zero-order valence-corrected chi connectivity index (χ0v) is 9.61. The van der Waals surface area contributed by atoms with Crippen molar-refractivity contribution in [3.05, 3.63) is 48.0 Å². The summed E-state index contributed by atoms with van der Waals surface area (Å²) in [5.41, 5.74) is 1.29. The summed E-state index contributed by atoms with van der Waals surface area (Å²) in [5, 5.41) is 9.61. The third kappa shape index (κ3) is 1.94. The smallest absolute Gasteiger partial charge is 0.421 e. The fourth-order valence-corrected chi connectivity index (χ4v) is 1.96. The maximum Gasteiger partial charge on any atom is 0.421 e. The summed E-state index contributed by atoms with van der Waals surface area (Å²) in [4.78, 5) is 11.1. The van der Waals surface area contributed by atoms with Crippen LogP contribution in [0.4, 0.5) is 13.2 Å². The lowest BCUT2D eigenvalue weighted by atomic mass is 9.86. The molecule has 0 saturated carbocycles. The van der Waals surface area contributed by atoms with Gasteiger partial charge in [-0.25, -0.2) is 4.79 Å². The number of alkyl halides is 3. The minimum atomic E-state index is -5.09. The Kier molecular flexibility index (Phi) is 2.98. The number of aliphatic carboxylic acids is 1. The Labute approximate surface area is 106 Å². The van der Waals surface area contributed by atoms with Crippen LogP contribution in [0.2, 0.25) is 0 Å². The average Bonchev–Trinajstić information content (AvgIpc) is 2.35. The fourth-order valence-electron chi connectivity index (χ4n) is 1.96. The second-order valence-electron chi connectivity index (χ2n) is 4.14. The Morgan fingerprint density at radius 2 is 1.63 bits per heavy atom. The molecule has 0 radical (unpaired) electrons. The highest BCUT2D eigenvalue weighted by Gasteiger charge is 2.60. The van der Waals surface area contributed by atoms with E-state index in [9.17, 15) is 18.0 Å². The number of halogens is 3. The molecule has 0 aromatic heterocycles. The van der Waals surface area contributed by atoms with Gasteiger partial charge in [0, 0.05) is 5.56 Å². The Balaban J connectivity index is 2.82. The molecule has 0 aliphatic heterocycles. The lowest BCUT2D eigenvalue weighted by molar-refractivity contribution is -0.204. The lowest BCUT2D eigenvalue weighted by Gasteiger charge is -2.28. The van der Waals surface area contributed by atoms with Crippen LogP contribution >= 0.6 is 0 Å². The Hall–Kier alpha value is -2.08. The summed E-state index contributed by atoms with van der Waals surface area (Å²) in [7, 11) is 0. The number of hydrogen-bond donors (Lipinski definition) is 2. The molecular weight excluding hydrogens is 259 g/mol. The first-order valence-corrected chi connectivity index (χ1v) is 5.35. The number of fused-ring (bicyclic) bond motifs is 1. The van der Waals surface area contributed by atoms with Gasteiger partial charge in [0.05, 0.1) is 0 Å². The van der Waals surface area contributed by atoms with Crippen molar-refractivity contribution in [2.24, 2.45) is 5.73 Å². The standard InChI is InChI=1S/C13H10F3NO2/c14-13(15,16)12(17,11(18)19)10-7-3-5-8-4-1-2-6-9(8)10/h1-7H,17H2,(H,18,19). The summed E-state index contributed by atoms with van der Waals surface area (Å²) >= 11 is 0. The van der Waals surface area contributed by atoms with Crippen LogP contribution in [-0.4, -0.2) is 17.3 Å². The summed E-state index contributed by atoms with van der Waals surface area (Å²) in [6.07, 6.45) is -5.09. The number of carboxylic acids is 1. The van der Waals surface area contributed by atoms with E-state index in [1.54, 1.807) is 18.2 Å². The van der Waals surface area contributed by atoms with Crippen LogP contribution in [0.1, 0.15) is 5.56 Å². The first kappa shape index (κ1) is 13.4. The van der Waals surface area contributed by atoms with Gasteiger partial charge in [0.2, 0.25) is 5.54 Å². The van der Waals surface area contributed by atoms with Crippen LogP contribution in [0.25, 0.3) is 10.8 Å². The molecule has 0 heterocycles. The molecular formula is C13H10F3NO2. The van der Waals surface area contributed by atoms with E-state index < -0.39 is 23.2 Å². The van der Waals surface area contributed by atoms with Gasteiger partial charge in [0.1, 0.15) is 0 Å². The van der Waals surface area contributed by atoms with Crippen molar-refractivity contribution in [3.63, 3.8) is 0 Å². The molecule has 0 aliphatic carbocycles. The van der Waals surface area contributed by atoms with E-state index in [2.05, 4.69) is 0 Å². The predicted octanol–water partition coefficient (Wildman–Crippen LogP) is 2.64. The van der Waals surface area contributed by atoms with E-state index in [-0.39, 0.29) is 5.39 Å². The predicted molar refractivity (Wildman–Crippen MR) is 63.5 cm³/mol. The number of hydrogen-bond acceptors (Lipinski definition) is 2. The van der Waals surface area contributed by atoms with E-state index in [0.29, 0.717) is 5.39 Å². The number of carboxylic acid groups (broad SMARTS) is 1. The Bertz CT molecular complexity index is 634. The average molecular weight is 269 g/mol. The molecule has 2 aromatic rings. The van der Waals surface area contributed by atoms with Crippen LogP contribution in [0.5, 0.6) is 0 Å². The minimum Gasteiger partial charge on any atom is -0.479 e. The Morgan fingerprint density at radius 1 is 1.05 bits per heavy atom. The molecule has 19 heavy (non-hydrogen) atoms. The molecule has 3 nitrogen and oxygen atoms in total. The highest BCUT2D eigenvalue weighted by Crippen LogP contribution is 2.39. The molecule has 2 rings (SSSR count). The SMILES string of the molecule is NC(C(=O)O)(c1cccc2ccccc12)C(F)(F)F. The van der Waals surface area contributed by atoms with Crippen molar-refractivity contribution in [1.82, 2.24) is 0 Å². The Morgan fingerprint density at radius 3 is 2.21 bits per heavy atom. The monoisotopic (exact) mass is 269 g/mol. The highest BCUT2D eigenvalue weighted by atomic mass is 19.4. The third-order valence-electron chi connectivity index (χ3n) is 3.00. The molecule has 100 valence electrons. The van der Waals surface area contributed by atoms with Crippen molar-refractivity contribution < 1.29 is 23.1 Å². The molecule has 0 spiro atoms. The fraction of sp³-hybridized carbons (Fsp3) is 0.154. The zero-order chi connectivity index (χ0) is 14.3. The summed E-state index contributed by atoms with van der Waals surface area (Å²) in [5.74, 6) is -2.13. The van der Waals surface area contributed by atoms with E-state index in [1.165, 1.54) is 18.2 Å². The first-order chi connectivity index (χ1) is 8.78. The minimum absolute atomic E-state index is 0.173. The van der Waals surface area contributed by atoms with Gasteiger partial charge in [-0.05, 0) is 10.8 Å². The van der Waals surface area contributed by atoms with Crippen molar-refractivity contribution in [2.75, 3.05) is 0 Å². The molecule has 6 heteroatoms. The number of rotatable bonds is 2. The van der Waals surface area contributed by atoms with Crippen LogP contribution < -0.4 is 5.73 Å². The van der Waals surface area contributed by atoms with Crippen LogP contribution in [0, 0.1) is 0 Å². The van der Waals surface area contributed by atoms with E-state index >= 15 is 0 Å². The first-order valence-electron chi connectivity index (χ1n) is 5.35. The number of nitrogens with two attached hydrogens (primary N) is 1. The van der Waals surface area contributed by atoms with Gasteiger partial charge in [-0.2, -0.15) is 13.2 Å². The lowest BCUT2D eigenvalue weighted by Crippen LogP contribution is -2.56. The zero-order valence-electron chi connectivity index (χ0n) is 9.61. The van der Waals surface area contributed by atoms with Gasteiger partial charge in [-0.1, -0.05) is 42.5 Å². The van der Waals surface area contributed by atoms with Gasteiger partial charge in [0.15, 0.2) is 0 Å². The molecule has 0 aliphatic rings.